The van der Waals surface area contributed by atoms with Crippen LogP contribution in [-0.2, 0) is 0 Å². The van der Waals surface area contributed by atoms with E-state index in [1.807, 2.05) is 18.3 Å². The molecule has 0 radical (unpaired) electrons. The molecule has 1 saturated heterocycles. The number of hydrogen-bond acceptors (Lipinski definition) is 4. The fourth-order valence-corrected chi connectivity index (χ4v) is 3.17. The first-order valence-electron chi connectivity index (χ1n) is 6.38. The molecule has 3 rings (SSSR count). The van der Waals surface area contributed by atoms with Crippen molar-refractivity contribution in [2.24, 2.45) is 0 Å². The minimum Gasteiger partial charge on any atom is -0.496 e. The van der Waals surface area contributed by atoms with Crippen LogP contribution in [0.25, 0.3) is 10.8 Å². The number of hydrogen-bond donors (Lipinski definition) is 1. The van der Waals surface area contributed by atoms with Gasteiger partial charge in [0.2, 0.25) is 0 Å². The number of nitrogens with zero attached hydrogens (tertiary/aromatic N) is 2. The fraction of sp³-hybridized carbons (Fsp3) is 0.357. The zero-order valence-corrected chi connectivity index (χ0v) is 12.4. The Morgan fingerprint density at radius 1 is 1.26 bits per heavy atom. The molecule has 4 nitrogen and oxygen atoms in total. The number of pyridine rings is 1. The molecule has 0 saturated carbocycles. The Morgan fingerprint density at radius 2 is 2.05 bits per heavy atom. The molecule has 1 aromatic heterocycles. The second kappa shape index (κ2) is 5.35. The molecular weight excluding hydrogens is 306 g/mol. The van der Waals surface area contributed by atoms with Gasteiger partial charge in [0.05, 0.1) is 11.6 Å². The van der Waals surface area contributed by atoms with E-state index in [0.717, 1.165) is 47.6 Å². The van der Waals surface area contributed by atoms with E-state index in [2.05, 4.69) is 37.2 Å². The van der Waals surface area contributed by atoms with Crippen molar-refractivity contribution in [3.05, 3.63) is 28.9 Å². The quantitative estimate of drug-likeness (QED) is 0.921. The summed E-state index contributed by atoms with van der Waals surface area (Å²) < 4.78 is 6.37. The summed E-state index contributed by atoms with van der Waals surface area (Å²) in [6.07, 6.45) is 1.87. The highest BCUT2D eigenvalue weighted by molar-refractivity contribution is 9.10. The molecular formula is C14H16BrN3O. The number of halogens is 1. The van der Waals surface area contributed by atoms with E-state index >= 15 is 0 Å². The molecule has 0 spiro atoms. The van der Waals surface area contributed by atoms with Crippen molar-refractivity contribution in [2.45, 2.75) is 0 Å². The summed E-state index contributed by atoms with van der Waals surface area (Å²) in [5.74, 6) is 1.88. The van der Waals surface area contributed by atoms with Crippen molar-refractivity contribution in [1.29, 1.82) is 0 Å². The van der Waals surface area contributed by atoms with Crippen LogP contribution < -0.4 is 15.0 Å². The van der Waals surface area contributed by atoms with Gasteiger partial charge in [-0.1, -0.05) is 6.07 Å². The van der Waals surface area contributed by atoms with E-state index in [9.17, 15) is 0 Å². The Bertz CT molecular complexity index is 597. The molecule has 0 unspecified atom stereocenters. The van der Waals surface area contributed by atoms with Gasteiger partial charge in [0.15, 0.2) is 0 Å². The normalized spacial score (nSPS) is 15.8. The number of ether oxygens (including phenoxy) is 1. The Hall–Kier alpha value is -1.33. The first-order valence-corrected chi connectivity index (χ1v) is 7.17. The number of nitrogens with one attached hydrogen (secondary N) is 1. The average molecular weight is 322 g/mol. The Balaban J connectivity index is 2.17. The van der Waals surface area contributed by atoms with Crippen LogP contribution in [-0.4, -0.2) is 38.3 Å². The Morgan fingerprint density at radius 3 is 2.79 bits per heavy atom. The summed E-state index contributed by atoms with van der Waals surface area (Å²) in [6, 6.07) is 6.09. The minimum absolute atomic E-state index is 0.844. The van der Waals surface area contributed by atoms with Gasteiger partial charge in [-0.2, -0.15) is 0 Å². The molecule has 2 heterocycles. The topological polar surface area (TPSA) is 37.4 Å². The molecule has 1 aliphatic heterocycles. The van der Waals surface area contributed by atoms with Crippen LogP contribution in [0.5, 0.6) is 5.75 Å². The number of benzene rings is 1. The van der Waals surface area contributed by atoms with Crippen LogP contribution in [0.3, 0.4) is 0 Å². The largest absolute Gasteiger partial charge is 0.496 e. The smallest absolute Gasteiger partial charge is 0.137 e. The summed E-state index contributed by atoms with van der Waals surface area (Å²) in [4.78, 5) is 6.90. The van der Waals surface area contributed by atoms with Gasteiger partial charge in [0.25, 0.3) is 0 Å². The van der Waals surface area contributed by atoms with Crippen LogP contribution in [0.2, 0.25) is 0 Å². The lowest BCUT2D eigenvalue weighted by atomic mass is 10.1. The van der Waals surface area contributed by atoms with Crippen LogP contribution in [0.15, 0.2) is 28.9 Å². The van der Waals surface area contributed by atoms with E-state index in [4.69, 9.17) is 4.74 Å². The maximum atomic E-state index is 5.39. The maximum Gasteiger partial charge on any atom is 0.137 e. The van der Waals surface area contributed by atoms with E-state index in [1.165, 1.54) is 5.39 Å². The van der Waals surface area contributed by atoms with E-state index in [1.54, 1.807) is 7.11 Å². The lowest BCUT2D eigenvalue weighted by molar-refractivity contribution is 0.413. The molecule has 0 aliphatic carbocycles. The molecule has 100 valence electrons. The van der Waals surface area contributed by atoms with Gasteiger partial charge < -0.3 is 15.0 Å². The second-order valence-electron chi connectivity index (χ2n) is 4.55. The van der Waals surface area contributed by atoms with Gasteiger partial charge in [0, 0.05) is 37.8 Å². The van der Waals surface area contributed by atoms with E-state index in [-0.39, 0.29) is 0 Å². The number of anilines is 1. The minimum atomic E-state index is 0.844. The highest BCUT2D eigenvalue weighted by Crippen LogP contribution is 2.37. The van der Waals surface area contributed by atoms with Gasteiger partial charge in [0.1, 0.15) is 11.6 Å². The van der Waals surface area contributed by atoms with Gasteiger partial charge in [-0.25, -0.2) is 4.98 Å². The van der Waals surface area contributed by atoms with Crippen molar-refractivity contribution in [2.75, 3.05) is 38.2 Å². The third-order valence-corrected chi connectivity index (χ3v) is 4.24. The van der Waals surface area contributed by atoms with Gasteiger partial charge in [-0.05, 0) is 33.4 Å². The first kappa shape index (κ1) is 12.7. The molecule has 1 N–H and O–H groups in total. The summed E-state index contributed by atoms with van der Waals surface area (Å²) in [5.41, 5.74) is 0. The molecule has 19 heavy (non-hydrogen) atoms. The third-order valence-electron chi connectivity index (χ3n) is 3.45. The van der Waals surface area contributed by atoms with Crippen LogP contribution in [0, 0.1) is 0 Å². The molecule has 0 amide bonds. The molecule has 0 atom stereocenters. The fourth-order valence-electron chi connectivity index (χ4n) is 2.46. The van der Waals surface area contributed by atoms with Crippen LogP contribution in [0.1, 0.15) is 0 Å². The first-order chi connectivity index (χ1) is 9.31. The van der Waals surface area contributed by atoms with Crippen LogP contribution in [0.4, 0.5) is 5.82 Å². The highest BCUT2D eigenvalue weighted by atomic mass is 79.9. The number of fused-ring (bicyclic) bond motifs is 1. The molecule has 1 aliphatic rings. The second-order valence-corrected chi connectivity index (χ2v) is 5.34. The van der Waals surface area contributed by atoms with Crippen molar-refractivity contribution < 1.29 is 4.74 Å². The molecule has 1 fully saturated rings. The number of aromatic nitrogens is 1. The molecule has 1 aromatic carbocycles. The maximum absolute atomic E-state index is 5.39. The lowest BCUT2D eigenvalue weighted by Crippen LogP contribution is -2.44. The zero-order valence-electron chi connectivity index (χ0n) is 10.8. The van der Waals surface area contributed by atoms with Gasteiger partial charge >= 0.3 is 0 Å². The molecule has 2 aromatic rings. The van der Waals surface area contributed by atoms with E-state index < -0.39 is 0 Å². The molecule has 0 bridgehead atoms. The number of piperazine rings is 1. The third kappa shape index (κ3) is 2.28. The highest BCUT2D eigenvalue weighted by Gasteiger charge is 2.17. The van der Waals surface area contributed by atoms with Gasteiger partial charge in [-0.3, -0.25) is 0 Å². The SMILES string of the molecule is COc1ccc2ccnc(N3CCNCC3)c2c1Br. The zero-order chi connectivity index (χ0) is 13.2. The monoisotopic (exact) mass is 321 g/mol. The van der Waals surface area contributed by atoms with Crippen molar-refractivity contribution in [3.63, 3.8) is 0 Å². The summed E-state index contributed by atoms with van der Waals surface area (Å²) in [5, 5.41) is 5.67. The number of methoxy groups -OCH3 is 1. The summed E-state index contributed by atoms with van der Waals surface area (Å²) in [7, 11) is 1.69. The standard InChI is InChI=1S/C14H16BrN3O/c1-19-11-3-2-10-4-5-17-14(12(10)13(11)15)18-8-6-16-7-9-18/h2-5,16H,6-9H2,1H3. The van der Waals surface area contributed by atoms with Crippen molar-refractivity contribution in [3.8, 4) is 5.75 Å². The molecule has 5 heteroatoms. The number of rotatable bonds is 2. The average Bonchev–Trinajstić information content (AvgIpc) is 2.48. The summed E-state index contributed by atoms with van der Waals surface area (Å²) in [6.45, 7) is 3.96. The van der Waals surface area contributed by atoms with Gasteiger partial charge in [-0.15, -0.1) is 0 Å². The Kier molecular flexibility index (Phi) is 3.57. The van der Waals surface area contributed by atoms with Crippen molar-refractivity contribution >= 4 is 32.5 Å². The Labute approximate surface area is 120 Å². The predicted molar refractivity (Wildman–Crippen MR) is 81.1 cm³/mol. The van der Waals surface area contributed by atoms with E-state index in [0.29, 0.717) is 0 Å². The van der Waals surface area contributed by atoms with Crippen molar-refractivity contribution in [1.82, 2.24) is 10.3 Å². The predicted octanol–water partition coefficient (Wildman–Crippen LogP) is 2.42. The van der Waals surface area contributed by atoms with Crippen LogP contribution >= 0.6 is 15.9 Å². The summed E-state index contributed by atoms with van der Waals surface area (Å²) >= 11 is 3.65. The lowest BCUT2D eigenvalue weighted by Gasteiger charge is -2.29.